The number of ether oxygens (including phenoxy) is 1. The highest BCUT2D eigenvalue weighted by Crippen LogP contribution is 2.16. The molecule has 1 aromatic carbocycles. The van der Waals surface area contributed by atoms with Crippen molar-refractivity contribution in [3.05, 3.63) is 29.8 Å². The normalized spacial score (nSPS) is 18.2. The molecular weight excluding hydrogens is 304 g/mol. The first-order valence-electron chi connectivity index (χ1n) is 8.59. The summed E-state index contributed by atoms with van der Waals surface area (Å²) < 4.78 is 4.58. The molecule has 24 heavy (non-hydrogen) atoms. The second-order valence-electron chi connectivity index (χ2n) is 6.18. The summed E-state index contributed by atoms with van der Waals surface area (Å²) in [6.07, 6.45) is 2.05. The van der Waals surface area contributed by atoms with Gasteiger partial charge in [0.05, 0.1) is 13.7 Å². The Labute approximate surface area is 144 Å². The molecule has 1 atom stereocenters. The lowest BCUT2D eigenvalue weighted by Gasteiger charge is -2.33. The van der Waals surface area contributed by atoms with Crippen molar-refractivity contribution in [2.24, 2.45) is 10.9 Å². The van der Waals surface area contributed by atoms with Crippen LogP contribution in [-0.2, 0) is 11.3 Å². The number of methoxy groups -OCH3 is 1. The Kier molecular flexibility index (Phi) is 6.90. The van der Waals surface area contributed by atoms with Gasteiger partial charge in [-0.15, -0.1) is 0 Å². The van der Waals surface area contributed by atoms with Gasteiger partial charge in [0, 0.05) is 25.3 Å². The number of piperidine rings is 1. The van der Waals surface area contributed by atoms with Gasteiger partial charge in [-0.05, 0) is 43.4 Å². The fraction of sp³-hybridized carbons (Fsp3) is 0.556. The van der Waals surface area contributed by atoms with Crippen molar-refractivity contribution in [2.45, 2.75) is 33.2 Å². The Bertz CT molecular complexity index is 557. The molecule has 6 heteroatoms. The van der Waals surface area contributed by atoms with Gasteiger partial charge in [-0.3, -0.25) is 5.32 Å². The first-order valence-corrected chi connectivity index (χ1v) is 8.59. The number of carbonyl (C=O) groups is 1. The lowest BCUT2D eigenvalue weighted by Crippen LogP contribution is -2.46. The molecule has 1 aliphatic rings. The standard InChI is InChI=1S/C18H28N4O2/c1-4-19-17(22-11-5-6-14(2)13-22)20-12-15-7-9-16(10-8-15)21-18(23)24-3/h7-10,14H,4-6,11-13H2,1-3H3,(H,19,20)(H,21,23). The number of carbonyl (C=O) groups excluding carboxylic acids is 1. The number of rotatable bonds is 4. The second kappa shape index (κ2) is 9.15. The number of nitrogens with zero attached hydrogens (tertiary/aromatic N) is 2. The summed E-state index contributed by atoms with van der Waals surface area (Å²) >= 11 is 0. The van der Waals surface area contributed by atoms with Gasteiger partial charge >= 0.3 is 6.09 Å². The van der Waals surface area contributed by atoms with E-state index in [4.69, 9.17) is 4.99 Å². The minimum Gasteiger partial charge on any atom is -0.453 e. The summed E-state index contributed by atoms with van der Waals surface area (Å²) in [6.45, 7) is 8.00. The van der Waals surface area contributed by atoms with E-state index in [1.807, 2.05) is 24.3 Å². The van der Waals surface area contributed by atoms with Crippen molar-refractivity contribution in [2.75, 3.05) is 32.1 Å². The van der Waals surface area contributed by atoms with Gasteiger partial charge in [0.1, 0.15) is 0 Å². The van der Waals surface area contributed by atoms with Crippen LogP contribution in [0.2, 0.25) is 0 Å². The van der Waals surface area contributed by atoms with E-state index >= 15 is 0 Å². The number of likely N-dealkylation sites (tertiary alicyclic amines) is 1. The zero-order valence-corrected chi connectivity index (χ0v) is 14.8. The third-order valence-corrected chi connectivity index (χ3v) is 4.09. The van der Waals surface area contributed by atoms with Gasteiger partial charge in [0.15, 0.2) is 5.96 Å². The van der Waals surface area contributed by atoms with Crippen molar-refractivity contribution in [3.8, 4) is 0 Å². The quantitative estimate of drug-likeness (QED) is 0.657. The topological polar surface area (TPSA) is 66.0 Å². The fourth-order valence-electron chi connectivity index (χ4n) is 2.84. The number of nitrogens with one attached hydrogen (secondary N) is 2. The van der Waals surface area contributed by atoms with E-state index in [9.17, 15) is 4.79 Å². The number of hydrogen-bond acceptors (Lipinski definition) is 3. The van der Waals surface area contributed by atoms with Crippen LogP contribution in [0.3, 0.4) is 0 Å². The van der Waals surface area contributed by atoms with Crippen LogP contribution < -0.4 is 10.6 Å². The minimum atomic E-state index is -0.463. The van der Waals surface area contributed by atoms with Crippen LogP contribution in [0.15, 0.2) is 29.3 Å². The Balaban J connectivity index is 1.98. The summed E-state index contributed by atoms with van der Waals surface area (Å²) in [6, 6.07) is 7.66. The van der Waals surface area contributed by atoms with E-state index in [1.165, 1.54) is 20.0 Å². The van der Waals surface area contributed by atoms with Gasteiger partial charge in [-0.25, -0.2) is 9.79 Å². The number of aliphatic imine (C=N–C) groups is 1. The molecule has 0 bridgehead atoms. The maximum Gasteiger partial charge on any atom is 0.411 e. The zero-order chi connectivity index (χ0) is 17.4. The smallest absolute Gasteiger partial charge is 0.411 e. The number of guanidine groups is 1. The van der Waals surface area contributed by atoms with Crippen LogP contribution in [0.5, 0.6) is 0 Å². The van der Waals surface area contributed by atoms with Crippen LogP contribution in [0.4, 0.5) is 10.5 Å². The summed E-state index contributed by atoms with van der Waals surface area (Å²) in [5, 5.41) is 6.03. The summed E-state index contributed by atoms with van der Waals surface area (Å²) in [5.41, 5.74) is 1.82. The van der Waals surface area contributed by atoms with Gasteiger partial charge in [0.2, 0.25) is 0 Å². The highest BCUT2D eigenvalue weighted by molar-refractivity contribution is 5.84. The SMILES string of the molecule is CCNC(=NCc1ccc(NC(=O)OC)cc1)N1CCCC(C)C1. The number of benzene rings is 1. The molecule has 0 aliphatic carbocycles. The van der Waals surface area contributed by atoms with E-state index in [1.54, 1.807) is 0 Å². The number of hydrogen-bond donors (Lipinski definition) is 2. The second-order valence-corrected chi connectivity index (χ2v) is 6.18. The van der Waals surface area contributed by atoms with E-state index in [-0.39, 0.29) is 0 Å². The Morgan fingerprint density at radius 2 is 2.12 bits per heavy atom. The average Bonchev–Trinajstić information content (AvgIpc) is 2.59. The van der Waals surface area contributed by atoms with Gasteiger partial charge in [-0.1, -0.05) is 19.1 Å². The molecule has 2 N–H and O–H groups in total. The maximum absolute atomic E-state index is 11.2. The molecule has 1 amide bonds. The van der Waals surface area contributed by atoms with E-state index in [0.717, 1.165) is 31.2 Å². The Morgan fingerprint density at radius 1 is 1.38 bits per heavy atom. The number of amides is 1. The molecule has 6 nitrogen and oxygen atoms in total. The lowest BCUT2D eigenvalue weighted by molar-refractivity contribution is 0.187. The molecule has 0 aromatic heterocycles. The molecule has 1 saturated heterocycles. The first kappa shape index (κ1) is 18.1. The Hall–Kier alpha value is -2.24. The van der Waals surface area contributed by atoms with Gasteiger partial charge < -0.3 is 15.0 Å². The molecule has 1 heterocycles. The minimum absolute atomic E-state index is 0.463. The zero-order valence-electron chi connectivity index (χ0n) is 14.8. The highest BCUT2D eigenvalue weighted by Gasteiger charge is 2.18. The van der Waals surface area contributed by atoms with Crippen molar-refractivity contribution >= 4 is 17.7 Å². The van der Waals surface area contributed by atoms with Crippen molar-refractivity contribution in [1.82, 2.24) is 10.2 Å². The maximum atomic E-state index is 11.2. The molecule has 2 rings (SSSR count). The van der Waals surface area contributed by atoms with Crippen LogP contribution in [0, 0.1) is 5.92 Å². The molecular formula is C18H28N4O2. The Morgan fingerprint density at radius 3 is 2.75 bits per heavy atom. The predicted octanol–water partition coefficient (Wildman–Crippen LogP) is 3.06. The van der Waals surface area contributed by atoms with Crippen LogP contribution in [0.25, 0.3) is 0 Å². The molecule has 1 fully saturated rings. The third-order valence-electron chi connectivity index (χ3n) is 4.09. The van der Waals surface area contributed by atoms with E-state index in [0.29, 0.717) is 18.2 Å². The summed E-state index contributed by atoms with van der Waals surface area (Å²) in [5.74, 6) is 1.70. The lowest BCUT2D eigenvalue weighted by atomic mass is 10.0. The highest BCUT2D eigenvalue weighted by atomic mass is 16.5. The summed E-state index contributed by atoms with van der Waals surface area (Å²) in [4.78, 5) is 18.3. The first-order chi connectivity index (χ1) is 11.6. The molecule has 0 saturated carbocycles. The average molecular weight is 332 g/mol. The third kappa shape index (κ3) is 5.44. The molecule has 1 unspecified atom stereocenters. The largest absolute Gasteiger partial charge is 0.453 e. The fourth-order valence-corrected chi connectivity index (χ4v) is 2.84. The van der Waals surface area contributed by atoms with E-state index in [2.05, 4.69) is 34.1 Å². The summed E-state index contributed by atoms with van der Waals surface area (Å²) in [7, 11) is 1.35. The van der Waals surface area contributed by atoms with Crippen LogP contribution in [-0.4, -0.2) is 43.7 Å². The van der Waals surface area contributed by atoms with Crippen LogP contribution in [0.1, 0.15) is 32.3 Å². The van der Waals surface area contributed by atoms with Gasteiger partial charge in [0.25, 0.3) is 0 Å². The molecule has 0 spiro atoms. The molecule has 1 aliphatic heterocycles. The monoisotopic (exact) mass is 332 g/mol. The molecule has 1 aromatic rings. The number of anilines is 1. The predicted molar refractivity (Wildman–Crippen MR) is 97.3 cm³/mol. The van der Waals surface area contributed by atoms with Crippen molar-refractivity contribution in [1.29, 1.82) is 0 Å². The van der Waals surface area contributed by atoms with Crippen molar-refractivity contribution < 1.29 is 9.53 Å². The van der Waals surface area contributed by atoms with Crippen LogP contribution >= 0.6 is 0 Å². The molecule has 132 valence electrons. The van der Waals surface area contributed by atoms with Crippen molar-refractivity contribution in [3.63, 3.8) is 0 Å². The van der Waals surface area contributed by atoms with Gasteiger partial charge in [-0.2, -0.15) is 0 Å². The van der Waals surface area contributed by atoms with E-state index < -0.39 is 6.09 Å². The molecule has 0 radical (unpaired) electrons.